The molecule has 6 N–H and O–H groups in total. The molecule has 17 heteroatoms. The monoisotopic (exact) mass is 847 g/mol. The molecule has 0 heterocycles. The Hall–Kier alpha value is -3.93. The zero-order valence-electron chi connectivity index (χ0n) is 26.8. The average Bonchev–Trinajstić information content (AvgIpc) is 3.07. The third kappa shape index (κ3) is 77.4. The Kier molecular flexibility index (Phi) is 203. The predicted octanol–water partition coefficient (Wildman–Crippen LogP) is 5.06. The van der Waals surface area contributed by atoms with E-state index in [2.05, 4.69) is 10.6 Å². The molecule has 2 unspecified atom stereocenters. The zero-order chi connectivity index (χ0) is 36.6. The molecule has 4 amide bonds. The lowest BCUT2D eigenvalue weighted by Crippen LogP contribution is -2.46. The van der Waals surface area contributed by atoms with E-state index in [-0.39, 0.29) is 178 Å². The van der Waals surface area contributed by atoms with Gasteiger partial charge >= 0.3 is 0 Å². The van der Waals surface area contributed by atoms with Crippen LogP contribution in [0.3, 0.4) is 0 Å². The van der Waals surface area contributed by atoms with Gasteiger partial charge < -0.3 is 64.8 Å². The predicted molar refractivity (Wildman–Crippen MR) is 245 cm³/mol. The van der Waals surface area contributed by atoms with E-state index in [4.69, 9.17) is 39.6 Å². The van der Waals surface area contributed by atoms with Crippen LogP contribution in [0.4, 0.5) is 0 Å². The molecule has 0 radical (unpaired) electrons. The number of hydrogen-bond donors (Lipinski definition) is 6. The molecule has 0 rings (SSSR count). The SMILES string of the molecule is C.C.C.C.C.C.C.C.C.C.C.C.C=O.C=O.C=O.C=O.CC(CCO)N(CC(=O)NCC=O)C(=O)CCCO.CCNC(=O)CN(C(=O)CCCO)C(C)CCO. The fourth-order valence-corrected chi connectivity index (χ4v) is 3.19. The Morgan fingerprint density at radius 1 is 0.526 bits per heavy atom. The van der Waals surface area contributed by atoms with Crippen LogP contribution in [0.25, 0.3) is 0 Å². The number of amides is 4. The van der Waals surface area contributed by atoms with Crippen LogP contribution in [-0.2, 0) is 43.2 Å². The lowest BCUT2D eigenvalue weighted by Gasteiger charge is -2.28. The molecule has 2 atom stereocenters. The van der Waals surface area contributed by atoms with Crippen molar-refractivity contribution in [2.24, 2.45) is 0 Å². The lowest BCUT2D eigenvalue weighted by atomic mass is 10.1. The van der Waals surface area contributed by atoms with Gasteiger partial charge in [0, 0.05) is 57.9 Å². The summed E-state index contributed by atoms with van der Waals surface area (Å²) in [6.45, 7) is 13.4. The summed E-state index contributed by atoms with van der Waals surface area (Å²) in [5.41, 5.74) is 0. The van der Waals surface area contributed by atoms with E-state index in [1.807, 2.05) is 34.1 Å². The third-order valence-corrected chi connectivity index (χ3v) is 5.28. The van der Waals surface area contributed by atoms with Gasteiger partial charge in [-0.2, -0.15) is 0 Å². The fourth-order valence-electron chi connectivity index (χ4n) is 3.19. The molecule has 57 heavy (non-hydrogen) atoms. The number of hydrogen-bond acceptors (Lipinski definition) is 13. The van der Waals surface area contributed by atoms with Gasteiger partial charge in [0.15, 0.2) is 0 Å². The van der Waals surface area contributed by atoms with Gasteiger partial charge in [0.25, 0.3) is 0 Å². The van der Waals surface area contributed by atoms with Crippen LogP contribution in [0, 0.1) is 0 Å². The Labute approximate surface area is 353 Å². The van der Waals surface area contributed by atoms with Crippen LogP contribution < -0.4 is 10.6 Å². The van der Waals surface area contributed by atoms with Gasteiger partial charge in [0.05, 0.1) is 19.6 Å². The van der Waals surface area contributed by atoms with Crippen LogP contribution in [-0.4, -0.2) is 152 Å². The molecule has 0 aromatic heterocycles. The first-order valence-corrected chi connectivity index (χ1v) is 13.8. The van der Waals surface area contributed by atoms with Crippen LogP contribution in [0.2, 0.25) is 0 Å². The maximum Gasteiger partial charge on any atom is 0.239 e. The maximum atomic E-state index is 11.9. The van der Waals surface area contributed by atoms with Crippen molar-refractivity contribution in [3.63, 3.8) is 0 Å². The molecular formula is C40H102N4O13. The molecule has 0 aliphatic heterocycles. The second-order valence-corrected chi connectivity index (χ2v) is 8.34. The minimum atomic E-state index is -0.422. The summed E-state index contributed by atoms with van der Waals surface area (Å²) < 4.78 is 0. The molecule has 0 saturated carbocycles. The van der Waals surface area contributed by atoms with Crippen molar-refractivity contribution in [3.05, 3.63) is 0 Å². The summed E-state index contributed by atoms with van der Waals surface area (Å²) in [7, 11) is 0. The number of carbonyl (C=O) groups is 9. The standard InChI is InChI=1S/C12H22N2O5.C12H24N2O4.4CH2O.12CH4/c1-10(4-7-16)14(12(19)3-2-6-15)9-11(18)13-5-8-17;1-3-13-11(17)9-14(10(2)6-8-16)12(18)5-4-7-15;4*1-2;;;;;;;;;;;;/h8,10,15-16H,2-7,9H2,1H3,(H,13,18);10,15-16H,3-9H2,1-2H3,(H,13,17);4*1H2;12*1H4. The first-order chi connectivity index (χ1) is 21.6. The minimum absolute atomic E-state index is 0. The summed E-state index contributed by atoms with van der Waals surface area (Å²) >= 11 is 0. The quantitative estimate of drug-likeness (QED) is 0.0930. The van der Waals surface area contributed by atoms with E-state index in [0.29, 0.717) is 38.5 Å². The van der Waals surface area contributed by atoms with Crippen LogP contribution in [0.15, 0.2) is 0 Å². The molecule has 0 aromatic rings. The van der Waals surface area contributed by atoms with Crippen LogP contribution >= 0.6 is 0 Å². The van der Waals surface area contributed by atoms with Gasteiger partial charge in [-0.25, -0.2) is 0 Å². The summed E-state index contributed by atoms with van der Waals surface area (Å²) in [6, 6.07) is -0.470. The smallest absolute Gasteiger partial charge is 0.239 e. The van der Waals surface area contributed by atoms with Gasteiger partial charge in [-0.1, -0.05) is 89.1 Å². The number of rotatable bonds is 19. The van der Waals surface area contributed by atoms with Crippen molar-refractivity contribution < 1.29 is 63.6 Å². The second kappa shape index (κ2) is 98.8. The number of aliphatic hydroxyl groups excluding tert-OH is 4. The van der Waals surface area contributed by atoms with Gasteiger partial charge in [-0.3, -0.25) is 19.2 Å². The van der Waals surface area contributed by atoms with Crippen molar-refractivity contribution in [2.75, 3.05) is 52.6 Å². The molecule has 360 valence electrons. The zero-order valence-corrected chi connectivity index (χ0v) is 26.8. The highest BCUT2D eigenvalue weighted by molar-refractivity contribution is 5.86. The molecule has 0 spiro atoms. The molecule has 0 aliphatic carbocycles. The molecule has 0 aromatic carbocycles. The van der Waals surface area contributed by atoms with Crippen molar-refractivity contribution in [1.29, 1.82) is 0 Å². The molecule has 0 saturated heterocycles. The van der Waals surface area contributed by atoms with Gasteiger partial charge in [-0.05, 0) is 46.5 Å². The van der Waals surface area contributed by atoms with E-state index in [0.717, 1.165) is 0 Å². The van der Waals surface area contributed by atoms with E-state index in [1.165, 1.54) is 9.80 Å². The van der Waals surface area contributed by atoms with Gasteiger partial charge in [0.1, 0.15) is 33.4 Å². The highest BCUT2D eigenvalue weighted by Gasteiger charge is 2.23. The van der Waals surface area contributed by atoms with E-state index in [9.17, 15) is 24.0 Å². The van der Waals surface area contributed by atoms with E-state index in [1.54, 1.807) is 13.8 Å². The molecule has 0 fully saturated rings. The summed E-state index contributed by atoms with van der Waals surface area (Å²) in [4.78, 5) is 91.8. The Balaban J connectivity index is -0.0000000239. The highest BCUT2D eigenvalue weighted by atomic mass is 16.3. The Morgan fingerprint density at radius 3 is 1.00 bits per heavy atom. The number of nitrogens with zero attached hydrogens (tertiary/aromatic N) is 2. The molecule has 0 bridgehead atoms. The molecule has 0 aliphatic rings. The summed E-state index contributed by atoms with van der Waals surface area (Å²) in [5, 5.41) is 40.2. The minimum Gasteiger partial charge on any atom is -0.396 e. The first-order valence-electron chi connectivity index (χ1n) is 13.8. The van der Waals surface area contributed by atoms with Gasteiger partial charge in [-0.15, -0.1) is 0 Å². The largest absolute Gasteiger partial charge is 0.396 e. The number of likely N-dealkylation sites (N-methyl/N-ethyl adjacent to an activating group) is 1. The molecular weight excluding hydrogens is 744 g/mol. The average molecular weight is 847 g/mol. The normalized spacial score (nSPS) is 7.98. The third-order valence-electron chi connectivity index (χ3n) is 5.28. The van der Waals surface area contributed by atoms with Crippen molar-refractivity contribution in [1.82, 2.24) is 20.4 Å². The van der Waals surface area contributed by atoms with Crippen LogP contribution in [0.1, 0.15) is 148 Å². The number of nitrogens with one attached hydrogen (secondary N) is 2. The van der Waals surface area contributed by atoms with Crippen molar-refractivity contribution >= 4 is 57.1 Å². The summed E-state index contributed by atoms with van der Waals surface area (Å²) in [5.74, 6) is -1.05. The Morgan fingerprint density at radius 2 is 0.789 bits per heavy atom. The van der Waals surface area contributed by atoms with E-state index < -0.39 is 5.91 Å². The second-order valence-electron chi connectivity index (χ2n) is 8.34. The summed E-state index contributed by atoms with van der Waals surface area (Å²) in [6.07, 6.45) is 2.44. The van der Waals surface area contributed by atoms with E-state index >= 15 is 0 Å². The highest BCUT2D eigenvalue weighted by Crippen LogP contribution is 2.08. The number of aldehydes is 1. The lowest BCUT2D eigenvalue weighted by molar-refractivity contribution is -0.138. The Bertz CT molecular complexity index is 732. The van der Waals surface area contributed by atoms with Crippen LogP contribution in [0.5, 0.6) is 0 Å². The first kappa shape index (κ1) is 117. The van der Waals surface area contributed by atoms with Gasteiger partial charge in [0.2, 0.25) is 23.6 Å². The van der Waals surface area contributed by atoms with Crippen molar-refractivity contribution in [3.8, 4) is 0 Å². The molecule has 17 nitrogen and oxygen atoms in total. The number of carbonyl (C=O) groups excluding carboxylic acids is 9. The van der Waals surface area contributed by atoms with Crippen molar-refractivity contribution in [2.45, 2.75) is 160 Å². The fraction of sp³-hybridized carbons (Fsp3) is 0.775. The number of aliphatic hydroxyl groups is 4. The topological polar surface area (TPSA) is 265 Å². The maximum absolute atomic E-state index is 11.9.